The Morgan fingerprint density at radius 3 is 2.73 bits per heavy atom. The minimum absolute atomic E-state index is 0.0329. The van der Waals surface area contributed by atoms with Gasteiger partial charge < -0.3 is 14.6 Å². The fraction of sp³-hybridized carbons (Fsp3) is 0.429. The van der Waals surface area contributed by atoms with Crippen molar-refractivity contribution in [3.63, 3.8) is 0 Å². The van der Waals surface area contributed by atoms with E-state index in [4.69, 9.17) is 4.42 Å². The molecular weight excluding hydrogens is 328 g/mol. The van der Waals surface area contributed by atoms with E-state index in [0.29, 0.717) is 38.9 Å². The monoisotopic (exact) mass is 354 g/mol. The lowest BCUT2D eigenvalue weighted by Crippen LogP contribution is -2.46. The molecule has 1 atom stereocenters. The van der Waals surface area contributed by atoms with Crippen LogP contribution < -0.4 is 5.32 Å². The zero-order valence-electron chi connectivity index (χ0n) is 15.2. The smallest absolute Gasteiger partial charge is 0.224 e. The number of hydrogen-bond donors (Lipinski definition) is 1. The molecule has 0 aliphatic carbocycles. The molecule has 2 aromatic rings. The van der Waals surface area contributed by atoms with Crippen molar-refractivity contribution >= 4 is 11.8 Å². The van der Waals surface area contributed by atoms with E-state index in [1.807, 2.05) is 42.2 Å². The Morgan fingerprint density at radius 2 is 2.00 bits per heavy atom. The lowest BCUT2D eigenvalue weighted by Gasteiger charge is -2.32. The number of piperidine rings is 1. The van der Waals surface area contributed by atoms with Crippen LogP contribution in [0.3, 0.4) is 0 Å². The zero-order valence-corrected chi connectivity index (χ0v) is 15.2. The lowest BCUT2D eigenvalue weighted by molar-refractivity contribution is -0.138. The summed E-state index contributed by atoms with van der Waals surface area (Å²) in [5, 5.41) is 2.98. The normalized spacial score (nSPS) is 17.3. The molecule has 2 amide bonds. The fourth-order valence-corrected chi connectivity index (χ4v) is 3.33. The van der Waals surface area contributed by atoms with Gasteiger partial charge in [-0.3, -0.25) is 9.59 Å². The Kier molecular flexibility index (Phi) is 6.10. The van der Waals surface area contributed by atoms with Gasteiger partial charge in [0.05, 0.1) is 5.92 Å². The molecule has 138 valence electrons. The second-order valence-electron chi connectivity index (χ2n) is 6.86. The van der Waals surface area contributed by atoms with Crippen LogP contribution in [0, 0.1) is 12.8 Å². The molecule has 0 spiro atoms. The van der Waals surface area contributed by atoms with Crippen molar-refractivity contribution in [1.29, 1.82) is 0 Å². The zero-order chi connectivity index (χ0) is 18.4. The van der Waals surface area contributed by atoms with Gasteiger partial charge in [-0.05, 0) is 37.5 Å². The van der Waals surface area contributed by atoms with Gasteiger partial charge in [0.1, 0.15) is 11.5 Å². The summed E-state index contributed by atoms with van der Waals surface area (Å²) in [5.74, 6) is 1.82. The highest BCUT2D eigenvalue weighted by Crippen LogP contribution is 2.18. The first-order valence-electron chi connectivity index (χ1n) is 9.26. The molecule has 1 aromatic heterocycles. The summed E-state index contributed by atoms with van der Waals surface area (Å²) in [6.07, 6.45) is 2.58. The topological polar surface area (TPSA) is 62.6 Å². The average Bonchev–Trinajstić information content (AvgIpc) is 3.07. The standard InChI is InChI=1S/C21H26N2O3/c1-16-7-9-19(26-16)11-13-22-21(25)18-8-10-20(24)23(15-18)14-12-17-5-3-2-4-6-17/h2-7,9,18H,8,10-15H2,1H3,(H,22,25)/t18-/m1/s1. The Balaban J connectivity index is 1.45. The van der Waals surface area contributed by atoms with Crippen molar-refractivity contribution < 1.29 is 14.0 Å². The van der Waals surface area contributed by atoms with Crippen LogP contribution >= 0.6 is 0 Å². The Bertz CT molecular complexity index is 739. The summed E-state index contributed by atoms with van der Waals surface area (Å²) in [4.78, 5) is 26.4. The SMILES string of the molecule is Cc1ccc(CCNC(=O)[C@@H]2CCC(=O)N(CCc3ccccc3)C2)o1. The highest BCUT2D eigenvalue weighted by atomic mass is 16.3. The maximum atomic E-state index is 12.4. The molecule has 5 heteroatoms. The molecule has 1 fully saturated rings. The number of nitrogens with zero attached hydrogens (tertiary/aromatic N) is 1. The van der Waals surface area contributed by atoms with Gasteiger partial charge in [-0.2, -0.15) is 0 Å². The number of benzene rings is 1. The van der Waals surface area contributed by atoms with Gasteiger partial charge >= 0.3 is 0 Å². The maximum absolute atomic E-state index is 12.4. The summed E-state index contributed by atoms with van der Waals surface area (Å²) in [5.41, 5.74) is 1.21. The van der Waals surface area contributed by atoms with Crippen LogP contribution in [0.15, 0.2) is 46.9 Å². The summed E-state index contributed by atoms with van der Waals surface area (Å²) in [6, 6.07) is 14.0. The summed E-state index contributed by atoms with van der Waals surface area (Å²) in [7, 11) is 0. The van der Waals surface area contributed by atoms with E-state index in [2.05, 4.69) is 17.4 Å². The van der Waals surface area contributed by atoms with Gasteiger partial charge in [-0.15, -0.1) is 0 Å². The van der Waals surface area contributed by atoms with Crippen LogP contribution in [0.1, 0.15) is 29.9 Å². The predicted molar refractivity (Wildman–Crippen MR) is 99.6 cm³/mol. The summed E-state index contributed by atoms with van der Waals surface area (Å²) >= 11 is 0. The fourth-order valence-electron chi connectivity index (χ4n) is 3.33. The first-order chi connectivity index (χ1) is 12.6. The number of carbonyl (C=O) groups is 2. The molecule has 1 N–H and O–H groups in total. The van der Waals surface area contributed by atoms with Crippen LogP contribution in [0.4, 0.5) is 0 Å². The van der Waals surface area contributed by atoms with Gasteiger partial charge in [0, 0.05) is 32.5 Å². The number of hydrogen-bond acceptors (Lipinski definition) is 3. The van der Waals surface area contributed by atoms with Gasteiger partial charge in [0.2, 0.25) is 11.8 Å². The number of furan rings is 1. The second-order valence-corrected chi connectivity index (χ2v) is 6.86. The van der Waals surface area contributed by atoms with Gasteiger partial charge in [0.15, 0.2) is 0 Å². The quantitative estimate of drug-likeness (QED) is 0.832. The third kappa shape index (κ3) is 4.97. The number of aryl methyl sites for hydroxylation is 1. The molecular formula is C21H26N2O3. The molecule has 0 saturated carbocycles. The van der Waals surface area contributed by atoms with E-state index in [9.17, 15) is 9.59 Å². The van der Waals surface area contributed by atoms with Crippen LogP contribution in [0.5, 0.6) is 0 Å². The molecule has 0 bridgehead atoms. The highest BCUT2D eigenvalue weighted by molar-refractivity contribution is 5.83. The average molecular weight is 354 g/mol. The third-order valence-electron chi connectivity index (χ3n) is 4.85. The van der Waals surface area contributed by atoms with E-state index in [0.717, 1.165) is 17.9 Å². The molecule has 3 rings (SSSR count). The molecule has 2 heterocycles. The van der Waals surface area contributed by atoms with Crippen LogP contribution in [0.2, 0.25) is 0 Å². The number of nitrogens with one attached hydrogen (secondary N) is 1. The van der Waals surface area contributed by atoms with E-state index >= 15 is 0 Å². The van der Waals surface area contributed by atoms with Crippen molar-refractivity contribution in [2.24, 2.45) is 5.92 Å². The second kappa shape index (κ2) is 8.70. The molecule has 1 saturated heterocycles. The number of amides is 2. The summed E-state index contributed by atoms with van der Waals surface area (Å²) < 4.78 is 5.51. The van der Waals surface area contributed by atoms with Gasteiger partial charge in [-0.25, -0.2) is 0 Å². The van der Waals surface area contributed by atoms with Crippen LogP contribution in [-0.4, -0.2) is 36.3 Å². The van der Waals surface area contributed by atoms with E-state index in [-0.39, 0.29) is 17.7 Å². The van der Waals surface area contributed by atoms with Crippen LogP contribution in [-0.2, 0) is 22.4 Å². The minimum Gasteiger partial charge on any atom is -0.466 e. The maximum Gasteiger partial charge on any atom is 0.224 e. The number of carbonyl (C=O) groups excluding carboxylic acids is 2. The molecule has 0 radical (unpaired) electrons. The third-order valence-corrected chi connectivity index (χ3v) is 4.85. The van der Waals surface area contributed by atoms with Gasteiger partial charge in [-0.1, -0.05) is 30.3 Å². The molecule has 1 aliphatic heterocycles. The molecule has 5 nitrogen and oxygen atoms in total. The van der Waals surface area contributed by atoms with Crippen molar-refractivity contribution in [3.05, 3.63) is 59.5 Å². The van der Waals surface area contributed by atoms with Gasteiger partial charge in [0.25, 0.3) is 0 Å². The lowest BCUT2D eigenvalue weighted by atomic mass is 9.96. The predicted octanol–water partition coefficient (Wildman–Crippen LogP) is 2.73. The van der Waals surface area contributed by atoms with Crippen molar-refractivity contribution in [2.45, 2.75) is 32.6 Å². The minimum atomic E-state index is -0.123. The Morgan fingerprint density at radius 1 is 1.19 bits per heavy atom. The molecule has 1 aliphatic rings. The highest BCUT2D eigenvalue weighted by Gasteiger charge is 2.29. The summed E-state index contributed by atoms with van der Waals surface area (Å²) in [6.45, 7) is 3.64. The Labute approximate surface area is 154 Å². The van der Waals surface area contributed by atoms with E-state index in [1.165, 1.54) is 5.56 Å². The molecule has 1 aromatic carbocycles. The molecule has 26 heavy (non-hydrogen) atoms. The first kappa shape index (κ1) is 18.2. The van der Waals surface area contributed by atoms with Crippen molar-refractivity contribution in [3.8, 4) is 0 Å². The number of rotatable bonds is 7. The van der Waals surface area contributed by atoms with E-state index < -0.39 is 0 Å². The Hall–Kier alpha value is -2.56. The number of likely N-dealkylation sites (tertiary alicyclic amines) is 1. The van der Waals surface area contributed by atoms with Crippen molar-refractivity contribution in [2.75, 3.05) is 19.6 Å². The van der Waals surface area contributed by atoms with Crippen molar-refractivity contribution in [1.82, 2.24) is 10.2 Å². The first-order valence-corrected chi connectivity index (χ1v) is 9.26. The van der Waals surface area contributed by atoms with Crippen LogP contribution in [0.25, 0.3) is 0 Å². The van der Waals surface area contributed by atoms with E-state index in [1.54, 1.807) is 0 Å². The molecule has 0 unspecified atom stereocenters. The largest absolute Gasteiger partial charge is 0.466 e.